The quantitative estimate of drug-likeness (QED) is 0.183. The van der Waals surface area contributed by atoms with E-state index in [4.69, 9.17) is 21.7 Å². The smallest absolute Gasteiger partial charge is 0.270 e. The summed E-state index contributed by atoms with van der Waals surface area (Å²) in [6.07, 6.45) is 1.67. The number of rotatable bonds is 6. The Kier molecular flexibility index (Phi) is 7.30. The van der Waals surface area contributed by atoms with Gasteiger partial charge in [0.15, 0.2) is 15.8 Å². The number of methoxy groups -OCH3 is 1. The first kappa shape index (κ1) is 23.7. The summed E-state index contributed by atoms with van der Waals surface area (Å²) >= 11 is 8.52. The molecule has 0 bridgehead atoms. The number of ether oxygens (including phenoxy) is 2. The molecule has 0 aliphatic carbocycles. The summed E-state index contributed by atoms with van der Waals surface area (Å²) in [5.41, 5.74) is 1.23. The van der Waals surface area contributed by atoms with E-state index < -0.39 is 11.7 Å². The summed E-state index contributed by atoms with van der Waals surface area (Å²) in [5.74, 6) is -0.363. The lowest BCUT2D eigenvalue weighted by Crippen LogP contribution is -2.28. The van der Waals surface area contributed by atoms with Crippen molar-refractivity contribution in [2.24, 2.45) is 0 Å². The second kappa shape index (κ2) is 10.2. The standard InChI is InChI=1S/C24H16F2INO3S2/c1-30-20-11-14(10-18(27)22(20)31-13-15-6-2-3-7-16(15)25)12-21-23(29)28(24(32)33-21)19-9-5-4-8-17(19)26/h2-12H,13H2,1H3/b21-12-. The number of hydrogen-bond donors (Lipinski definition) is 0. The Balaban J connectivity index is 1.60. The van der Waals surface area contributed by atoms with Crippen molar-refractivity contribution in [2.75, 3.05) is 12.0 Å². The zero-order valence-electron chi connectivity index (χ0n) is 17.2. The fourth-order valence-electron chi connectivity index (χ4n) is 3.19. The highest BCUT2D eigenvalue weighted by molar-refractivity contribution is 14.1. The Labute approximate surface area is 212 Å². The maximum Gasteiger partial charge on any atom is 0.270 e. The summed E-state index contributed by atoms with van der Waals surface area (Å²) in [4.78, 5) is 14.5. The van der Waals surface area contributed by atoms with E-state index in [1.807, 2.05) is 6.07 Å². The normalized spacial score (nSPS) is 14.8. The van der Waals surface area contributed by atoms with Gasteiger partial charge >= 0.3 is 0 Å². The summed E-state index contributed by atoms with van der Waals surface area (Å²) in [6.45, 7) is 0.0413. The van der Waals surface area contributed by atoms with E-state index in [2.05, 4.69) is 22.6 Å². The molecule has 3 aromatic rings. The average Bonchev–Trinajstić information content (AvgIpc) is 3.06. The molecule has 1 saturated heterocycles. The van der Waals surface area contributed by atoms with E-state index in [1.54, 1.807) is 42.5 Å². The van der Waals surface area contributed by atoms with Crippen LogP contribution in [0.1, 0.15) is 11.1 Å². The van der Waals surface area contributed by atoms with Crippen molar-refractivity contribution in [2.45, 2.75) is 6.61 Å². The van der Waals surface area contributed by atoms with Crippen molar-refractivity contribution in [3.63, 3.8) is 0 Å². The van der Waals surface area contributed by atoms with Gasteiger partial charge in [-0.3, -0.25) is 9.69 Å². The summed E-state index contributed by atoms with van der Waals surface area (Å²) in [5, 5.41) is 0. The van der Waals surface area contributed by atoms with E-state index in [9.17, 15) is 13.6 Å². The molecule has 33 heavy (non-hydrogen) atoms. The van der Waals surface area contributed by atoms with Crippen molar-refractivity contribution in [1.82, 2.24) is 0 Å². The van der Waals surface area contributed by atoms with Crippen LogP contribution in [-0.2, 0) is 11.4 Å². The number of halogens is 3. The van der Waals surface area contributed by atoms with Gasteiger partial charge in [-0.05, 0) is 64.6 Å². The third-order valence-electron chi connectivity index (χ3n) is 4.77. The van der Waals surface area contributed by atoms with Crippen molar-refractivity contribution < 1.29 is 23.0 Å². The highest BCUT2D eigenvalue weighted by atomic mass is 127. The van der Waals surface area contributed by atoms with Gasteiger partial charge in [-0.1, -0.05) is 54.3 Å². The fourth-order valence-corrected chi connectivity index (χ4v) is 5.25. The van der Waals surface area contributed by atoms with E-state index in [1.165, 1.54) is 30.2 Å². The minimum absolute atomic E-state index is 0.0413. The van der Waals surface area contributed by atoms with Crippen LogP contribution in [0.5, 0.6) is 11.5 Å². The molecule has 3 aromatic carbocycles. The number of hydrogen-bond acceptors (Lipinski definition) is 5. The first-order chi connectivity index (χ1) is 15.9. The molecule has 1 heterocycles. The zero-order valence-corrected chi connectivity index (χ0v) is 21.0. The predicted octanol–water partition coefficient (Wildman–Crippen LogP) is 6.56. The van der Waals surface area contributed by atoms with Crippen molar-refractivity contribution >= 4 is 68.6 Å². The maximum atomic E-state index is 14.2. The predicted molar refractivity (Wildman–Crippen MR) is 138 cm³/mol. The molecule has 168 valence electrons. The first-order valence-corrected chi connectivity index (χ1v) is 12.0. The van der Waals surface area contributed by atoms with E-state index in [0.29, 0.717) is 27.5 Å². The number of para-hydroxylation sites is 1. The number of nitrogens with zero attached hydrogens (tertiary/aromatic N) is 1. The maximum absolute atomic E-state index is 14.2. The molecule has 0 saturated carbocycles. The van der Waals surface area contributed by atoms with Crippen molar-refractivity contribution in [1.29, 1.82) is 0 Å². The minimum atomic E-state index is -0.525. The first-order valence-electron chi connectivity index (χ1n) is 9.65. The van der Waals surface area contributed by atoms with E-state index in [-0.39, 0.29) is 22.4 Å². The molecule has 0 N–H and O–H groups in total. The Bertz CT molecular complexity index is 1280. The van der Waals surface area contributed by atoms with Gasteiger partial charge in [0.05, 0.1) is 21.3 Å². The molecule has 0 spiro atoms. The second-order valence-electron chi connectivity index (χ2n) is 6.88. The molecule has 1 aliphatic heterocycles. The third kappa shape index (κ3) is 5.04. The van der Waals surface area contributed by atoms with E-state index >= 15 is 0 Å². The molecule has 1 amide bonds. The second-order valence-corrected chi connectivity index (χ2v) is 9.72. The molecule has 0 unspecified atom stereocenters. The van der Waals surface area contributed by atoms with Gasteiger partial charge in [-0.15, -0.1) is 0 Å². The Morgan fingerprint density at radius 2 is 1.79 bits per heavy atom. The van der Waals surface area contributed by atoms with Crippen molar-refractivity contribution in [3.05, 3.63) is 91.9 Å². The highest BCUT2D eigenvalue weighted by Gasteiger charge is 2.34. The molecule has 1 aliphatic rings. The van der Waals surface area contributed by atoms with Gasteiger partial charge < -0.3 is 9.47 Å². The van der Waals surface area contributed by atoms with Gasteiger partial charge in [0.1, 0.15) is 18.2 Å². The number of thioether (sulfide) groups is 1. The molecular formula is C24H16F2INO3S2. The van der Waals surface area contributed by atoms with Crippen LogP contribution in [-0.4, -0.2) is 17.3 Å². The van der Waals surface area contributed by atoms with Gasteiger partial charge in [0, 0.05) is 5.56 Å². The zero-order chi connectivity index (χ0) is 23.5. The van der Waals surface area contributed by atoms with Gasteiger partial charge in [-0.25, -0.2) is 8.78 Å². The largest absolute Gasteiger partial charge is 0.493 e. The van der Waals surface area contributed by atoms with E-state index in [0.717, 1.165) is 15.3 Å². The molecule has 4 nitrogen and oxygen atoms in total. The summed E-state index contributed by atoms with van der Waals surface area (Å²) < 4.78 is 40.4. The third-order valence-corrected chi connectivity index (χ3v) is 6.87. The van der Waals surface area contributed by atoms with Crippen LogP contribution in [0.2, 0.25) is 0 Å². The SMILES string of the molecule is COc1cc(/C=C2\SC(=S)N(c3ccccc3F)C2=O)cc(I)c1OCc1ccccc1F. The monoisotopic (exact) mass is 595 g/mol. The van der Waals surface area contributed by atoms with Crippen LogP contribution < -0.4 is 14.4 Å². The summed E-state index contributed by atoms with van der Waals surface area (Å²) in [6, 6.07) is 15.9. The number of amides is 1. The number of carbonyl (C=O) groups excluding carboxylic acids is 1. The summed E-state index contributed by atoms with van der Waals surface area (Å²) in [7, 11) is 1.50. The Hall–Kier alpha value is -2.50. The van der Waals surface area contributed by atoms with Crippen LogP contribution in [0.25, 0.3) is 6.08 Å². The van der Waals surface area contributed by atoms with Gasteiger partial charge in [0.2, 0.25) is 0 Å². The fraction of sp³-hybridized carbons (Fsp3) is 0.0833. The molecular weight excluding hydrogens is 579 g/mol. The van der Waals surface area contributed by atoms with Crippen LogP contribution in [0, 0.1) is 15.2 Å². The number of anilines is 1. The number of benzene rings is 3. The topological polar surface area (TPSA) is 38.8 Å². The number of thiocarbonyl (C=S) groups is 1. The van der Waals surface area contributed by atoms with Crippen LogP contribution in [0.15, 0.2) is 65.6 Å². The van der Waals surface area contributed by atoms with Crippen LogP contribution in [0.4, 0.5) is 14.5 Å². The lowest BCUT2D eigenvalue weighted by molar-refractivity contribution is -0.113. The number of carbonyl (C=O) groups is 1. The molecule has 4 rings (SSSR count). The molecule has 0 atom stereocenters. The lowest BCUT2D eigenvalue weighted by atomic mass is 10.1. The van der Waals surface area contributed by atoms with Gasteiger partial charge in [0.25, 0.3) is 5.91 Å². The molecule has 9 heteroatoms. The van der Waals surface area contributed by atoms with Crippen molar-refractivity contribution in [3.8, 4) is 11.5 Å². The molecule has 0 radical (unpaired) electrons. The lowest BCUT2D eigenvalue weighted by Gasteiger charge is -2.15. The Morgan fingerprint density at radius 3 is 2.48 bits per heavy atom. The molecule has 0 aromatic heterocycles. The molecule has 1 fully saturated rings. The Morgan fingerprint density at radius 1 is 1.09 bits per heavy atom. The van der Waals surface area contributed by atoms with Crippen LogP contribution >= 0.6 is 46.6 Å². The highest BCUT2D eigenvalue weighted by Crippen LogP contribution is 2.39. The van der Waals surface area contributed by atoms with Crippen LogP contribution in [0.3, 0.4) is 0 Å². The van der Waals surface area contributed by atoms with Gasteiger partial charge in [-0.2, -0.15) is 0 Å². The minimum Gasteiger partial charge on any atom is -0.493 e. The average molecular weight is 595 g/mol.